The molecule has 4 nitrogen and oxygen atoms in total. The van der Waals surface area contributed by atoms with Gasteiger partial charge in [-0.2, -0.15) is 0 Å². The van der Waals surface area contributed by atoms with Crippen molar-refractivity contribution in [2.24, 2.45) is 0 Å². The third-order valence-electron chi connectivity index (χ3n) is 3.12. The molecule has 2 aromatic rings. The van der Waals surface area contributed by atoms with Crippen molar-refractivity contribution in [2.45, 2.75) is 13.2 Å². The molecule has 0 amide bonds. The van der Waals surface area contributed by atoms with E-state index >= 15 is 0 Å². The molecule has 6 rings (SSSR count). The second-order valence-electron chi connectivity index (χ2n) is 4.55. The lowest BCUT2D eigenvalue weighted by molar-refractivity contribution is 0.0455. The van der Waals surface area contributed by atoms with E-state index in [2.05, 4.69) is 0 Å². The highest BCUT2D eigenvalue weighted by Gasteiger charge is 2.12. The summed E-state index contributed by atoms with van der Waals surface area (Å²) in [6.45, 7) is 0.446. The van der Waals surface area contributed by atoms with E-state index in [-0.39, 0.29) is 13.2 Å². The van der Waals surface area contributed by atoms with Crippen molar-refractivity contribution in [3.05, 3.63) is 70.8 Å². The zero-order valence-corrected chi connectivity index (χ0v) is 10.7. The molecule has 4 heterocycles. The van der Waals surface area contributed by atoms with Crippen LogP contribution in [0.1, 0.15) is 31.8 Å². The fraction of sp³-hybridized carbons (Fsp3) is 0.125. The van der Waals surface area contributed by atoms with E-state index in [1.54, 1.807) is 24.3 Å². The van der Waals surface area contributed by atoms with Gasteiger partial charge in [0.25, 0.3) is 0 Å². The Balaban J connectivity index is 1.95. The van der Waals surface area contributed by atoms with Gasteiger partial charge in [-0.15, -0.1) is 0 Å². The predicted molar refractivity (Wildman–Crippen MR) is 71.1 cm³/mol. The average molecular weight is 268 g/mol. The third kappa shape index (κ3) is 2.54. The van der Waals surface area contributed by atoms with Gasteiger partial charge in [-0.25, -0.2) is 9.59 Å². The van der Waals surface area contributed by atoms with Gasteiger partial charge in [-0.1, -0.05) is 24.3 Å². The molecule has 20 heavy (non-hydrogen) atoms. The zero-order chi connectivity index (χ0) is 13.9. The molecule has 2 aromatic carbocycles. The summed E-state index contributed by atoms with van der Waals surface area (Å²) in [6.07, 6.45) is 0. The van der Waals surface area contributed by atoms with Crippen molar-refractivity contribution in [3.8, 4) is 0 Å². The van der Waals surface area contributed by atoms with E-state index in [1.807, 2.05) is 24.3 Å². The largest absolute Gasteiger partial charge is 0.457 e. The van der Waals surface area contributed by atoms with Crippen LogP contribution in [0, 0.1) is 0 Å². The number of rotatable bonds is 0. The summed E-state index contributed by atoms with van der Waals surface area (Å²) in [6, 6.07) is 13.7. The first kappa shape index (κ1) is 12.4. The lowest BCUT2D eigenvalue weighted by atomic mass is 10.1. The fourth-order valence-corrected chi connectivity index (χ4v) is 1.94. The Morgan fingerprint density at radius 2 is 0.950 bits per heavy atom. The summed E-state index contributed by atoms with van der Waals surface area (Å²) in [7, 11) is 0. The SMILES string of the molecule is O=C1OCc2ccc(cc2)COC(=O)c2ccc1cc2. The number of carbonyl (C=O) groups excluding carboxylic acids is 2. The maximum absolute atomic E-state index is 11.8. The molecule has 0 atom stereocenters. The van der Waals surface area contributed by atoms with Crippen LogP contribution in [0.15, 0.2) is 48.5 Å². The molecular weight excluding hydrogens is 256 g/mol. The van der Waals surface area contributed by atoms with E-state index in [4.69, 9.17) is 9.47 Å². The minimum absolute atomic E-state index is 0.223. The first-order chi connectivity index (χ1) is 9.72. The van der Waals surface area contributed by atoms with Crippen LogP contribution >= 0.6 is 0 Å². The van der Waals surface area contributed by atoms with Crippen LogP contribution in [0.2, 0.25) is 0 Å². The standard InChI is InChI=1S/C16H12O4/c17-15-13-5-7-14(8-6-13)16(18)20-10-12-2-1-11(3-4-12)9-19-15/h1-8H,9-10H2. The summed E-state index contributed by atoms with van der Waals surface area (Å²) in [5.41, 5.74) is 2.61. The Bertz CT molecular complexity index is 583. The van der Waals surface area contributed by atoms with Crippen molar-refractivity contribution < 1.29 is 19.1 Å². The molecule has 0 N–H and O–H groups in total. The normalized spacial score (nSPS) is 14.6. The molecule has 0 unspecified atom stereocenters. The van der Waals surface area contributed by atoms with Gasteiger partial charge in [-0.05, 0) is 35.4 Å². The molecule has 0 saturated heterocycles. The number of hydrogen-bond acceptors (Lipinski definition) is 4. The Hall–Kier alpha value is -2.62. The number of esters is 2. The molecule has 0 aliphatic carbocycles. The van der Waals surface area contributed by atoms with Crippen LogP contribution in [0.25, 0.3) is 0 Å². The van der Waals surface area contributed by atoms with Crippen LogP contribution in [-0.4, -0.2) is 11.9 Å². The first-order valence-electron chi connectivity index (χ1n) is 6.24. The Morgan fingerprint density at radius 1 is 0.600 bits per heavy atom. The molecular formula is C16H12O4. The highest BCUT2D eigenvalue weighted by atomic mass is 16.5. The monoisotopic (exact) mass is 268 g/mol. The highest BCUT2D eigenvalue weighted by molar-refractivity contribution is 5.93. The highest BCUT2D eigenvalue weighted by Crippen LogP contribution is 2.13. The maximum Gasteiger partial charge on any atom is 0.338 e. The van der Waals surface area contributed by atoms with Gasteiger partial charge < -0.3 is 9.47 Å². The molecule has 0 saturated carbocycles. The van der Waals surface area contributed by atoms with Crippen molar-refractivity contribution >= 4 is 11.9 Å². The van der Waals surface area contributed by atoms with Crippen molar-refractivity contribution in [1.29, 1.82) is 0 Å². The molecule has 0 fully saturated rings. The molecule has 100 valence electrons. The van der Waals surface area contributed by atoms with Gasteiger partial charge in [0, 0.05) is 0 Å². The van der Waals surface area contributed by atoms with E-state index in [9.17, 15) is 9.59 Å². The molecule has 4 bridgehead atoms. The molecule has 0 spiro atoms. The summed E-state index contributed by atoms with van der Waals surface area (Å²) < 4.78 is 10.4. The van der Waals surface area contributed by atoms with Gasteiger partial charge in [0.2, 0.25) is 0 Å². The number of hydrogen-bond donors (Lipinski definition) is 0. The van der Waals surface area contributed by atoms with Gasteiger partial charge in [-0.3, -0.25) is 0 Å². The van der Waals surface area contributed by atoms with Gasteiger partial charge in [0.1, 0.15) is 13.2 Å². The summed E-state index contributed by atoms with van der Waals surface area (Å²) in [5.74, 6) is -0.822. The second kappa shape index (κ2) is 5.17. The van der Waals surface area contributed by atoms with E-state index in [1.165, 1.54) is 0 Å². The lowest BCUT2D eigenvalue weighted by Crippen LogP contribution is -2.09. The van der Waals surface area contributed by atoms with Crippen molar-refractivity contribution in [1.82, 2.24) is 0 Å². The minimum Gasteiger partial charge on any atom is -0.457 e. The van der Waals surface area contributed by atoms with Crippen molar-refractivity contribution in [2.75, 3.05) is 0 Å². The number of ether oxygens (including phenoxy) is 2. The molecule has 0 aromatic heterocycles. The van der Waals surface area contributed by atoms with Crippen LogP contribution in [0.3, 0.4) is 0 Å². The third-order valence-corrected chi connectivity index (χ3v) is 3.12. The van der Waals surface area contributed by atoms with Crippen molar-refractivity contribution in [3.63, 3.8) is 0 Å². The Kier molecular flexibility index (Phi) is 3.21. The lowest BCUT2D eigenvalue weighted by Gasteiger charge is -2.09. The van der Waals surface area contributed by atoms with E-state index < -0.39 is 11.9 Å². The quantitative estimate of drug-likeness (QED) is 0.689. The average Bonchev–Trinajstić information content (AvgIpc) is 2.51. The van der Waals surface area contributed by atoms with Crippen LogP contribution in [-0.2, 0) is 22.7 Å². The predicted octanol–water partition coefficient (Wildman–Crippen LogP) is 2.71. The second-order valence-corrected chi connectivity index (χ2v) is 4.55. The van der Waals surface area contributed by atoms with Gasteiger partial charge in [0.05, 0.1) is 11.1 Å². The molecule has 4 aliphatic rings. The number of benzene rings is 2. The smallest absolute Gasteiger partial charge is 0.338 e. The van der Waals surface area contributed by atoms with Crippen LogP contribution < -0.4 is 0 Å². The minimum atomic E-state index is -0.411. The topological polar surface area (TPSA) is 52.6 Å². The summed E-state index contributed by atoms with van der Waals surface area (Å²) in [5, 5.41) is 0. The zero-order valence-electron chi connectivity index (χ0n) is 10.7. The molecule has 0 radical (unpaired) electrons. The van der Waals surface area contributed by atoms with Crippen LogP contribution in [0.5, 0.6) is 0 Å². The Labute approximate surface area is 115 Å². The van der Waals surface area contributed by atoms with Gasteiger partial charge >= 0.3 is 11.9 Å². The van der Waals surface area contributed by atoms with E-state index in [0.717, 1.165) is 11.1 Å². The summed E-state index contributed by atoms with van der Waals surface area (Å²) >= 11 is 0. The number of carbonyl (C=O) groups is 2. The van der Waals surface area contributed by atoms with Crippen LogP contribution in [0.4, 0.5) is 0 Å². The van der Waals surface area contributed by atoms with Gasteiger partial charge in [0.15, 0.2) is 0 Å². The molecule has 4 aliphatic heterocycles. The first-order valence-corrected chi connectivity index (χ1v) is 6.24. The molecule has 4 heteroatoms. The van der Waals surface area contributed by atoms with E-state index in [0.29, 0.717) is 11.1 Å². The summed E-state index contributed by atoms with van der Waals surface area (Å²) in [4.78, 5) is 23.7. The Morgan fingerprint density at radius 3 is 1.30 bits per heavy atom. The maximum atomic E-state index is 11.8. The fourth-order valence-electron chi connectivity index (χ4n) is 1.94.